The molecule has 0 aliphatic heterocycles. The Morgan fingerprint density at radius 2 is 2.15 bits per heavy atom. The van der Waals surface area contributed by atoms with Crippen LogP contribution in [0.1, 0.15) is 24.2 Å². The summed E-state index contributed by atoms with van der Waals surface area (Å²) in [7, 11) is 0. The number of hydrogen-bond donors (Lipinski definition) is 1. The van der Waals surface area contributed by atoms with Crippen molar-refractivity contribution in [3.63, 3.8) is 0 Å². The zero-order chi connectivity index (χ0) is 19.1. The summed E-state index contributed by atoms with van der Waals surface area (Å²) >= 11 is 5.98. The van der Waals surface area contributed by atoms with E-state index in [-0.39, 0.29) is 35.5 Å². The minimum absolute atomic E-state index is 0.0400. The lowest BCUT2D eigenvalue weighted by Gasteiger charge is -2.07. The lowest BCUT2D eigenvalue weighted by molar-refractivity contribution is 0.0944. The first-order chi connectivity index (χ1) is 13.0. The van der Waals surface area contributed by atoms with Crippen LogP contribution in [0.15, 0.2) is 36.8 Å². The van der Waals surface area contributed by atoms with Crippen molar-refractivity contribution in [3.05, 3.63) is 47.4 Å². The highest BCUT2D eigenvalue weighted by atomic mass is 35.5. The average Bonchev–Trinajstić information content (AvgIpc) is 3.21. The number of carbonyl (C=O) groups excluding carboxylic acids is 1. The summed E-state index contributed by atoms with van der Waals surface area (Å²) in [6, 6.07) is 5.31. The van der Waals surface area contributed by atoms with Gasteiger partial charge in [-0.15, -0.1) is 3.89 Å². The number of carbonyl (C=O) groups is 1. The number of rotatable bonds is 4. The lowest BCUT2D eigenvalue weighted by atomic mass is 10.2. The molecule has 4 aromatic rings. The normalized spacial score (nSPS) is 11.6. The summed E-state index contributed by atoms with van der Waals surface area (Å²) in [6.07, 6.45) is 4.54. The third kappa shape index (κ3) is 3.13. The van der Waals surface area contributed by atoms with Crippen LogP contribution in [-0.4, -0.2) is 35.7 Å². The number of amides is 1. The predicted molar refractivity (Wildman–Crippen MR) is 104 cm³/mol. The summed E-state index contributed by atoms with van der Waals surface area (Å²) in [5.74, 6) is 0.0754. The van der Waals surface area contributed by atoms with E-state index in [9.17, 15) is 8.68 Å². The van der Waals surface area contributed by atoms with Crippen molar-refractivity contribution in [2.75, 3.05) is 0 Å². The highest BCUT2D eigenvalue weighted by Gasteiger charge is 2.20. The van der Waals surface area contributed by atoms with Crippen LogP contribution in [-0.2, 0) is 0 Å². The molecular weight excluding hydrogens is 391 g/mol. The van der Waals surface area contributed by atoms with Gasteiger partial charge in [-0.2, -0.15) is 5.10 Å². The largest absolute Gasteiger partial charge is 0.350 e. The van der Waals surface area contributed by atoms with Crippen molar-refractivity contribution in [2.24, 2.45) is 0 Å². The number of aromatic nitrogens is 5. The standard InChI is InChI=1S/C17H14ClFN6OS/c1-9(2)22-17(26)12-8-24(27-19)16-15(12)23-14(7-20-16)25-13-4-3-11(18)5-10(13)6-21-25/h3-9H,1-2H3,(H,22,26). The molecule has 4 rings (SSSR count). The first kappa shape index (κ1) is 17.7. The Labute approximate surface area is 163 Å². The molecule has 3 aromatic heterocycles. The maximum absolute atomic E-state index is 13.3. The fraction of sp³-hybridized carbons (Fsp3) is 0.176. The number of hydrogen-bond acceptors (Lipinski definition) is 5. The van der Waals surface area contributed by atoms with Gasteiger partial charge >= 0.3 is 0 Å². The third-order valence-corrected chi connectivity index (χ3v) is 4.60. The first-order valence-electron chi connectivity index (χ1n) is 8.09. The molecule has 0 saturated carbocycles. The molecule has 7 nitrogen and oxygen atoms in total. The van der Waals surface area contributed by atoms with Crippen molar-refractivity contribution >= 4 is 51.9 Å². The van der Waals surface area contributed by atoms with Crippen LogP contribution >= 0.6 is 23.9 Å². The molecule has 0 atom stereocenters. The summed E-state index contributed by atoms with van der Waals surface area (Å²) in [4.78, 5) is 21.3. The molecular formula is C17H14ClFN6OS. The van der Waals surface area contributed by atoms with E-state index in [1.165, 1.54) is 16.4 Å². The van der Waals surface area contributed by atoms with Crippen molar-refractivity contribution in [3.8, 4) is 5.82 Å². The molecule has 0 aliphatic carbocycles. The fourth-order valence-corrected chi connectivity index (χ4v) is 3.33. The van der Waals surface area contributed by atoms with E-state index < -0.39 is 0 Å². The van der Waals surface area contributed by atoms with Gasteiger partial charge in [0.25, 0.3) is 5.91 Å². The summed E-state index contributed by atoms with van der Waals surface area (Å²) in [6.45, 7) is 3.69. The van der Waals surface area contributed by atoms with E-state index in [1.807, 2.05) is 19.9 Å². The van der Waals surface area contributed by atoms with E-state index in [0.29, 0.717) is 16.4 Å². The molecule has 1 aromatic carbocycles. The van der Waals surface area contributed by atoms with Gasteiger partial charge in [-0.3, -0.25) is 4.79 Å². The minimum atomic E-state index is -0.341. The molecule has 0 fully saturated rings. The van der Waals surface area contributed by atoms with Crippen LogP contribution < -0.4 is 5.32 Å². The van der Waals surface area contributed by atoms with Gasteiger partial charge in [-0.25, -0.2) is 18.6 Å². The minimum Gasteiger partial charge on any atom is -0.350 e. The molecule has 0 bridgehead atoms. The van der Waals surface area contributed by atoms with E-state index >= 15 is 0 Å². The van der Waals surface area contributed by atoms with Crippen LogP contribution in [0.25, 0.3) is 27.9 Å². The smallest absolute Gasteiger partial charge is 0.255 e. The van der Waals surface area contributed by atoms with E-state index in [2.05, 4.69) is 20.4 Å². The quantitative estimate of drug-likeness (QED) is 0.557. The van der Waals surface area contributed by atoms with Gasteiger partial charge in [-0.05, 0) is 32.0 Å². The number of fused-ring (bicyclic) bond motifs is 2. The van der Waals surface area contributed by atoms with Gasteiger partial charge in [-0.1, -0.05) is 11.6 Å². The van der Waals surface area contributed by atoms with E-state index in [1.54, 1.807) is 23.0 Å². The van der Waals surface area contributed by atoms with Crippen LogP contribution in [0.2, 0.25) is 5.02 Å². The Morgan fingerprint density at radius 1 is 1.33 bits per heavy atom. The third-order valence-electron chi connectivity index (χ3n) is 3.94. The van der Waals surface area contributed by atoms with Crippen molar-refractivity contribution in [1.29, 1.82) is 0 Å². The molecule has 1 amide bonds. The molecule has 27 heavy (non-hydrogen) atoms. The molecule has 0 unspecified atom stereocenters. The second-order valence-electron chi connectivity index (χ2n) is 6.23. The second-order valence-corrected chi connectivity index (χ2v) is 7.19. The topological polar surface area (TPSA) is 77.6 Å². The monoisotopic (exact) mass is 404 g/mol. The van der Waals surface area contributed by atoms with Crippen LogP contribution in [0, 0.1) is 0 Å². The Kier molecular flexibility index (Phi) is 4.48. The number of halogens is 2. The summed E-state index contributed by atoms with van der Waals surface area (Å²) in [5.41, 5.74) is 1.60. The maximum atomic E-state index is 13.3. The molecule has 0 aliphatic rings. The van der Waals surface area contributed by atoms with Gasteiger partial charge in [0.05, 0.1) is 23.5 Å². The first-order valence-corrected chi connectivity index (χ1v) is 9.15. The Bertz CT molecular complexity index is 1170. The SMILES string of the molecule is CC(C)NC(=O)c1cn(SF)c2ncc(-n3ncc4cc(Cl)ccc43)nc12. The van der Waals surface area contributed by atoms with Crippen molar-refractivity contribution in [2.45, 2.75) is 19.9 Å². The van der Waals surface area contributed by atoms with Crippen LogP contribution in [0.3, 0.4) is 0 Å². The van der Waals surface area contributed by atoms with E-state index in [0.717, 1.165) is 10.9 Å². The Balaban J connectivity index is 1.89. The van der Waals surface area contributed by atoms with Crippen molar-refractivity contribution in [1.82, 2.24) is 29.0 Å². The molecule has 138 valence electrons. The van der Waals surface area contributed by atoms with Gasteiger partial charge in [0.15, 0.2) is 23.8 Å². The van der Waals surface area contributed by atoms with Crippen LogP contribution in [0.5, 0.6) is 0 Å². The van der Waals surface area contributed by atoms with E-state index in [4.69, 9.17) is 11.6 Å². The second kappa shape index (κ2) is 6.82. The number of nitrogens with one attached hydrogen (secondary N) is 1. The Morgan fingerprint density at radius 3 is 2.89 bits per heavy atom. The molecule has 0 radical (unpaired) electrons. The predicted octanol–water partition coefficient (Wildman–Crippen LogP) is 3.94. The van der Waals surface area contributed by atoms with Crippen molar-refractivity contribution < 1.29 is 8.68 Å². The summed E-state index contributed by atoms with van der Waals surface area (Å²) in [5, 5.41) is 8.57. The zero-order valence-electron chi connectivity index (χ0n) is 14.3. The highest BCUT2D eigenvalue weighted by molar-refractivity contribution is 7.92. The van der Waals surface area contributed by atoms with Crippen LogP contribution in [0.4, 0.5) is 3.89 Å². The zero-order valence-corrected chi connectivity index (χ0v) is 15.9. The maximum Gasteiger partial charge on any atom is 0.255 e. The highest BCUT2D eigenvalue weighted by Crippen LogP contribution is 2.26. The van der Waals surface area contributed by atoms with Gasteiger partial charge in [0.2, 0.25) is 0 Å². The van der Waals surface area contributed by atoms with Gasteiger partial charge < -0.3 is 5.32 Å². The average molecular weight is 405 g/mol. The molecule has 0 spiro atoms. The Hall–Kier alpha value is -2.65. The van der Waals surface area contributed by atoms with Gasteiger partial charge in [0.1, 0.15) is 5.52 Å². The lowest BCUT2D eigenvalue weighted by Crippen LogP contribution is -2.30. The number of benzene rings is 1. The molecule has 1 N–H and O–H groups in total. The molecule has 10 heteroatoms. The molecule has 3 heterocycles. The van der Waals surface area contributed by atoms with Gasteiger partial charge in [0, 0.05) is 22.6 Å². The fourth-order valence-electron chi connectivity index (χ4n) is 2.80. The summed E-state index contributed by atoms with van der Waals surface area (Å²) < 4.78 is 16.0. The number of nitrogens with zero attached hydrogens (tertiary/aromatic N) is 5. The molecule has 0 saturated heterocycles.